The second kappa shape index (κ2) is 9.86. The molecule has 2 amide bonds. The molecular weight excluding hydrogens is 506 g/mol. The SMILES string of the molecule is CCCCCOc1ccc(N2C(=O)[C@@H]3[C@@H]4c5ccc(C(C)(C)C)cc5[C@H](c5ccc(C(C)(C)C)cc54)[C@H]3C2=O)cc1. The monoisotopic (exact) mass is 549 g/mol. The van der Waals surface area contributed by atoms with Gasteiger partial charge in [0.05, 0.1) is 24.1 Å². The van der Waals surface area contributed by atoms with E-state index in [0.29, 0.717) is 12.3 Å². The number of imide groups is 1. The molecule has 0 unspecified atom stereocenters. The number of amides is 2. The maximum absolute atomic E-state index is 14.3. The summed E-state index contributed by atoms with van der Waals surface area (Å²) in [6, 6.07) is 21.0. The van der Waals surface area contributed by atoms with Crippen molar-refractivity contribution in [1.29, 1.82) is 0 Å². The van der Waals surface area contributed by atoms with Gasteiger partial charge in [0.25, 0.3) is 0 Å². The molecule has 0 aromatic heterocycles. The molecule has 1 fully saturated rings. The van der Waals surface area contributed by atoms with Gasteiger partial charge in [-0.3, -0.25) is 9.59 Å². The second-order valence-electron chi connectivity index (χ2n) is 14.3. The van der Waals surface area contributed by atoms with Crippen LogP contribution in [0.3, 0.4) is 0 Å². The van der Waals surface area contributed by atoms with Gasteiger partial charge in [0.1, 0.15) is 5.75 Å². The normalized spacial score (nSPS) is 23.0. The van der Waals surface area contributed by atoms with Gasteiger partial charge >= 0.3 is 0 Å². The van der Waals surface area contributed by atoms with Crippen LogP contribution in [-0.4, -0.2) is 18.4 Å². The van der Waals surface area contributed by atoms with Crippen LogP contribution in [0.2, 0.25) is 0 Å². The first kappa shape index (κ1) is 27.8. The van der Waals surface area contributed by atoms with E-state index < -0.39 is 11.8 Å². The Bertz CT molecular complexity index is 1420. The number of carbonyl (C=O) groups is 2. The first-order chi connectivity index (χ1) is 19.4. The molecular formula is C37H43NO3. The Morgan fingerprint density at radius 1 is 0.659 bits per heavy atom. The van der Waals surface area contributed by atoms with Crippen LogP contribution in [0.5, 0.6) is 5.75 Å². The Balaban J connectivity index is 1.42. The van der Waals surface area contributed by atoms with E-state index in [2.05, 4.69) is 84.9 Å². The summed E-state index contributed by atoms with van der Waals surface area (Å²) in [6.07, 6.45) is 3.30. The van der Waals surface area contributed by atoms with Gasteiger partial charge in [-0.2, -0.15) is 0 Å². The van der Waals surface area contributed by atoms with Crippen LogP contribution in [0.25, 0.3) is 0 Å². The van der Waals surface area contributed by atoms with Gasteiger partial charge in [-0.1, -0.05) is 97.7 Å². The van der Waals surface area contributed by atoms with Gasteiger partial charge in [0, 0.05) is 11.8 Å². The second-order valence-corrected chi connectivity index (χ2v) is 14.3. The largest absolute Gasteiger partial charge is 0.494 e. The van der Waals surface area contributed by atoms with Crippen molar-refractivity contribution in [1.82, 2.24) is 0 Å². The number of rotatable bonds is 6. The highest BCUT2D eigenvalue weighted by Gasteiger charge is 2.62. The van der Waals surface area contributed by atoms with E-state index >= 15 is 0 Å². The minimum absolute atomic E-state index is 0.00800. The molecule has 4 atom stereocenters. The first-order valence-corrected chi connectivity index (χ1v) is 15.3. The van der Waals surface area contributed by atoms with Crippen LogP contribution in [0, 0.1) is 11.8 Å². The van der Waals surface area contributed by atoms with E-state index in [1.807, 2.05) is 24.3 Å². The summed E-state index contributed by atoms with van der Waals surface area (Å²) in [5.41, 5.74) is 8.00. The van der Waals surface area contributed by atoms with Crippen molar-refractivity contribution < 1.29 is 14.3 Å². The van der Waals surface area contributed by atoms with Crippen LogP contribution in [0.4, 0.5) is 5.69 Å². The molecule has 3 aromatic carbocycles. The summed E-state index contributed by atoms with van der Waals surface area (Å²) in [5, 5.41) is 0. The van der Waals surface area contributed by atoms with Gasteiger partial charge in [0.15, 0.2) is 0 Å². The van der Waals surface area contributed by atoms with E-state index in [-0.39, 0.29) is 34.5 Å². The Kier molecular flexibility index (Phi) is 6.67. The summed E-state index contributed by atoms with van der Waals surface area (Å²) in [6.45, 7) is 16.2. The molecule has 4 nitrogen and oxygen atoms in total. The Labute approximate surface area is 245 Å². The average Bonchev–Trinajstić information content (AvgIpc) is 3.20. The smallest absolute Gasteiger partial charge is 0.238 e. The average molecular weight is 550 g/mol. The number of anilines is 1. The minimum atomic E-state index is -0.395. The number of nitrogens with zero attached hydrogens (tertiary/aromatic N) is 1. The third-order valence-corrected chi connectivity index (χ3v) is 9.47. The van der Waals surface area contributed by atoms with Crippen LogP contribution >= 0.6 is 0 Å². The van der Waals surface area contributed by atoms with Gasteiger partial charge < -0.3 is 4.74 Å². The molecule has 1 saturated heterocycles. The van der Waals surface area contributed by atoms with Crippen LogP contribution in [0.15, 0.2) is 60.7 Å². The van der Waals surface area contributed by atoms with Crippen LogP contribution in [0.1, 0.15) is 113 Å². The molecule has 214 valence electrons. The molecule has 1 heterocycles. The van der Waals surface area contributed by atoms with E-state index in [9.17, 15) is 9.59 Å². The third kappa shape index (κ3) is 4.51. The van der Waals surface area contributed by atoms with Gasteiger partial charge in [0.2, 0.25) is 11.8 Å². The van der Waals surface area contributed by atoms with Crippen molar-refractivity contribution >= 4 is 17.5 Å². The quantitative estimate of drug-likeness (QED) is 0.230. The lowest BCUT2D eigenvalue weighted by Crippen LogP contribution is -2.42. The van der Waals surface area contributed by atoms with Crippen molar-refractivity contribution in [3.63, 3.8) is 0 Å². The number of hydrogen-bond donors (Lipinski definition) is 0. The topological polar surface area (TPSA) is 46.6 Å². The van der Waals surface area contributed by atoms with Crippen molar-refractivity contribution in [2.75, 3.05) is 11.5 Å². The Hall–Kier alpha value is -3.40. The fourth-order valence-corrected chi connectivity index (χ4v) is 7.20. The van der Waals surface area contributed by atoms with Crippen molar-refractivity contribution in [3.05, 3.63) is 94.0 Å². The molecule has 1 aliphatic heterocycles. The van der Waals surface area contributed by atoms with Gasteiger partial charge in [-0.25, -0.2) is 4.90 Å². The number of ether oxygens (including phenoxy) is 1. The van der Waals surface area contributed by atoms with Crippen molar-refractivity contribution in [2.45, 2.75) is 90.4 Å². The summed E-state index contributed by atoms with van der Waals surface area (Å²) >= 11 is 0. The van der Waals surface area contributed by atoms with E-state index in [0.717, 1.165) is 25.0 Å². The first-order valence-electron chi connectivity index (χ1n) is 15.3. The highest BCUT2D eigenvalue weighted by molar-refractivity contribution is 6.23. The van der Waals surface area contributed by atoms with Gasteiger partial charge in [-0.05, 0) is 74.9 Å². The third-order valence-electron chi connectivity index (χ3n) is 9.47. The predicted molar refractivity (Wildman–Crippen MR) is 165 cm³/mol. The van der Waals surface area contributed by atoms with Gasteiger partial charge in [-0.15, -0.1) is 0 Å². The highest BCUT2D eigenvalue weighted by atomic mass is 16.5. The molecule has 3 aliphatic carbocycles. The maximum atomic E-state index is 14.3. The molecule has 0 spiro atoms. The van der Waals surface area contributed by atoms with Crippen LogP contribution in [-0.2, 0) is 20.4 Å². The zero-order valence-corrected chi connectivity index (χ0v) is 25.6. The van der Waals surface area contributed by atoms with E-state index in [4.69, 9.17) is 4.74 Å². The molecule has 2 bridgehead atoms. The summed E-state index contributed by atoms with van der Waals surface area (Å²) in [5.74, 6) is -0.442. The molecule has 41 heavy (non-hydrogen) atoms. The Morgan fingerprint density at radius 3 is 1.59 bits per heavy atom. The molecule has 7 rings (SSSR count). The zero-order valence-electron chi connectivity index (χ0n) is 25.6. The lowest BCUT2D eigenvalue weighted by molar-refractivity contribution is -0.122. The van der Waals surface area contributed by atoms with Crippen molar-refractivity contribution in [2.24, 2.45) is 11.8 Å². The standard InChI is InChI=1S/C37H43NO3/c1-8-9-10-19-41-25-15-13-24(14-16-25)38-34(39)32-30-27-18-12-23(37(5,6)7)21-29(27)31(33(32)35(38)40)26-17-11-22(20-28(26)30)36(2,3)4/h11-18,20-21,30-33H,8-10,19H2,1-7H3/t30-,31+,32-,33-/m1/s1. The minimum Gasteiger partial charge on any atom is -0.494 e. The summed E-state index contributed by atoms with van der Waals surface area (Å²) in [7, 11) is 0. The fourth-order valence-electron chi connectivity index (χ4n) is 7.20. The number of hydrogen-bond acceptors (Lipinski definition) is 3. The number of benzene rings is 3. The fraction of sp³-hybridized carbons (Fsp3) is 0.459. The van der Waals surface area contributed by atoms with E-state index in [1.165, 1.54) is 38.3 Å². The van der Waals surface area contributed by atoms with E-state index in [1.54, 1.807) is 0 Å². The summed E-state index contributed by atoms with van der Waals surface area (Å²) < 4.78 is 5.89. The lowest BCUT2D eigenvalue weighted by atomic mass is 9.54. The van der Waals surface area contributed by atoms with Crippen LogP contribution < -0.4 is 9.64 Å². The van der Waals surface area contributed by atoms with Crippen molar-refractivity contribution in [3.8, 4) is 5.75 Å². The maximum Gasteiger partial charge on any atom is 0.238 e. The predicted octanol–water partition coefficient (Wildman–Crippen LogP) is 8.25. The molecule has 3 aromatic rings. The molecule has 0 radical (unpaired) electrons. The molecule has 4 heteroatoms. The molecule has 0 N–H and O–H groups in total. The number of unbranched alkanes of at least 4 members (excludes halogenated alkanes) is 2. The Morgan fingerprint density at radius 2 is 1.15 bits per heavy atom. The lowest BCUT2D eigenvalue weighted by Gasteiger charge is -2.47. The number of carbonyl (C=O) groups excluding carboxylic acids is 2. The summed E-state index contributed by atoms with van der Waals surface area (Å²) in [4.78, 5) is 30.0. The molecule has 4 aliphatic rings. The highest BCUT2D eigenvalue weighted by Crippen LogP contribution is 2.62. The molecule has 0 saturated carbocycles. The zero-order chi connectivity index (χ0) is 29.3.